The quantitative estimate of drug-likeness (QED) is 0.937. The van der Waals surface area contributed by atoms with Gasteiger partial charge in [0.1, 0.15) is 11.3 Å². The Morgan fingerprint density at radius 2 is 2.21 bits per heavy atom. The average molecular weight is 281 g/mol. The molecule has 3 nitrogen and oxygen atoms in total. The Hall–Kier alpha value is -1.03. The van der Waals surface area contributed by atoms with E-state index in [2.05, 4.69) is 35.5 Å². The predicted molar refractivity (Wildman–Crippen MR) is 80.8 cm³/mol. The van der Waals surface area contributed by atoms with E-state index < -0.39 is 0 Å². The van der Waals surface area contributed by atoms with E-state index in [1.807, 2.05) is 12.1 Å². The highest BCUT2D eigenvalue weighted by Gasteiger charge is 2.19. The van der Waals surface area contributed by atoms with Gasteiger partial charge in [0.2, 0.25) is 0 Å². The molecule has 0 amide bonds. The van der Waals surface area contributed by atoms with Crippen molar-refractivity contribution >= 4 is 23.4 Å². The number of fused-ring (bicyclic) bond motifs is 1. The summed E-state index contributed by atoms with van der Waals surface area (Å²) in [4.78, 5) is 2.47. The maximum atomic E-state index is 5.88. The number of benzene rings is 1. The fourth-order valence-corrected chi connectivity index (χ4v) is 2.77. The molecule has 2 aromatic rings. The third kappa shape index (κ3) is 3.30. The van der Waals surface area contributed by atoms with Crippen molar-refractivity contribution < 1.29 is 4.42 Å². The lowest BCUT2D eigenvalue weighted by Crippen LogP contribution is -2.43. The van der Waals surface area contributed by atoms with Gasteiger partial charge in [-0.2, -0.15) is 0 Å². The standard InChI is InChI=1S/C15H20N2O.ClH/c1-16-13-6-4-8-17(10-13)11-14-9-12-5-2-3-7-15(12)18-14;/h2-3,5,7,9,13,16H,4,6,8,10-11H2,1H3;1H. The molecule has 1 N–H and O–H groups in total. The molecule has 1 fully saturated rings. The molecule has 3 rings (SSSR count). The van der Waals surface area contributed by atoms with Gasteiger partial charge in [-0.1, -0.05) is 18.2 Å². The van der Waals surface area contributed by atoms with Crippen LogP contribution in [0.25, 0.3) is 11.0 Å². The molecule has 1 unspecified atom stereocenters. The summed E-state index contributed by atoms with van der Waals surface area (Å²) >= 11 is 0. The molecule has 0 bridgehead atoms. The predicted octanol–water partition coefficient (Wildman–Crippen LogP) is 3.04. The Labute approximate surface area is 120 Å². The number of likely N-dealkylation sites (N-methyl/N-ethyl adjacent to an activating group) is 1. The van der Waals surface area contributed by atoms with Gasteiger partial charge >= 0.3 is 0 Å². The van der Waals surface area contributed by atoms with Crippen LogP contribution in [0.5, 0.6) is 0 Å². The van der Waals surface area contributed by atoms with Crippen LogP contribution in [0, 0.1) is 0 Å². The molecule has 0 saturated carbocycles. The Morgan fingerprint density at radius 1 is 1.37 bits per heavy atom. The van der Waals surface area contributed by atoms with Gasteiger partial charge < -0.3 is 9.73 Å². The molecular formula is C15H21ClN2O. The van der Waals surface area contributed by atoms with Crippen LogP contribution in [0.3, 0.4) is 0 Å². The van der Waals surface area contributed by atoms with Crippen LogP contribution < -0.4 is 5.32 Å². The van der Waals surface area contributed by atoms with Crippen molar-refractivity contribution in [2.24, 2.45) is 0 Å². The van der Waals surface area contributed by atoms with Crippen LogP contribution >= 0.6 is 12.4 Å². The van der Waals surface area contributed by atoms with Gasteiger partial charge in [0.05, 0.1) is 6.54 Å². The van der Waals surface area contributed by atoms with Crippen LogP contribution in [-0.2, 0) is 6.54 Å². The molecule has 1 aliphatic rings. The Bertz CT molecular complexity index is 493. The zero-order valence-corrected chi connectivity index (χ0v) is 12.1. The maximum Gasteiger partial charge on any atom is 0.134 e. The highest BCUT2D eigenvalue weighted by molar-refractivity contribution is 5.85. The van der Waals surface area contributed by atoms with E-state index >= 15 is 0 Å². The first-order valence-electron chi connectivity index (χ1n) is 6.72. The largest absolute Gasteiger partial charge is 0.460 e. The van der Waals surface area contributed by atoms with Crippen molar-refractivity contribution in [3.8, 4) is 0 Å². The summed E-state index contributed by atoms with van der Waals surface area (Å²) in [7, 11) is 2.05. The molecular weight excluding hydrogens is 260 g/mol. The molecule has 1 aliphatic heterocycles. The number of nitrogens with one attached hydrogen (secondary N) is 1. The Morgan fingerprint density at radius 3 is 3.00 bits per heavy atom. The second-order valence-electron chi connectivity index (χ2n) is 5.11. The molecule has 1 atom stereocenters. The van der Waals surface area contributed by atoms with Gasteiger partial charge in [-0.15, -0.1) is 12.4 Å². The molecule has 0 radical (unpaired) electrons. The Balaban J connectivity index is 0.00000133. The average Bonchev–Trinajstić information content (AvgIpc) is 2.81. The number of piperidine rings is 1. The summed E-state index contributed by atoms with van der Waals surface area (Å²) in [5.41, 5.74) is 0.995. The molecule has 19 heavy (non-hydrogen) atoms. The number of rotatable bonds is 3. The number of hydrogen-bond donors (Lipinski definition) is 1. The highest BCUT2D eigenvalue weighted by Crippen LogP contribution is 2.21. The van der Waals surface area contributed by atoms with Crippen LogP contribution in [0.1, 0.15) is 18.6 Å². The number of para-hydroxylation sites is 1. The third-order valence-electron chi connectivity index (χ3n) is 3.77. The van der Waals surface area contributed by atoms with Crippen LogP contribution in [0.2, 0.25) is 0 Å². The zero-order valence-electron chi connectivity index (χ0n) is 11.3. The number of hydrogen-bond acceptors (Lipinski definition) is 3. The van der Waals surface area contributed by atoms with Gasteiger partial charge in [-0.05, 0) is 38.6 Å². The van der Waals surface area contributed by atoms with Gasteiger partial charge in [-0.25, -0.2) is 0 Å². The van der Waals surface area contributed by atoms with Crippen molar-refractivity contribution in [1.82, 2.24) is 10.2 Å². The number of halogens is 1. The smallest absolute Gasteiger partial charge is 0.134 e. The zero-order chi connectivity index (χ0) is 12.4. The van der Waals surface area contributed by atoms with Gasteiger partial charge in [0.15, 0.2) is 0 Å². The van der Waals surface area contributed by atoms with Gasteiger partial charge in [0.25, 0.3) is 0 Å². The summed E-state index contributed by atoms with van der Waals surface area (Å²) in [6.07, 6.45) is 2.55. The van der Waals surface area contributed by atoms with Gasteiger partial charge in [-0.3, -0.25) is 4.90 Å². The van der Waals surface area contributed by atoms with Crippen LogP contribution in [0.15, 0.2) is 34.7 Å². The van der Waals surface area contributed by atoms with Crippen LogP contribution in [-0.4, -0.2) is 31.1 Å². The minimum atomic E-state index is 0. The topological polar surface area (TPSA) is 28.4 Å². The molecule has 104 valence electrons. The minimum Gasteiger partial charge on any atom is -0.460 e. The van der Waals surface area contributed by atoms with E-state index in [-0.39, 0.29) is 12.4 Å². The first-order valence-corrected chi connectivity index (χ1v) is 6.72. The van der Waals surface area contributed by atoms with Crippen LogP contribution in [0.4, 0.5) is 0 Å². The second kappa shape index (κ2) is 6.42. The SMILES string of the molecule is CNC1CCCN(Cc2cc3ccccc3o2)C1.Cl. The second-order valence-corrected chi connectivity index (χ2v) is 5.11. The van der Waals surface area contributed by atoms with Crippen molar-refractivity contribution in [2.75, 3.05) is 20.1 Å². The van der Waals surface area contributed by atoms with E-state index in [0.29, 0.717) is 6.04 Å². The van der Waals surface area contributed by atoms with Crippen molar-refractivity contribution in [1.29, 1.82) is 0 Å². The molecule has 1 saturated heterocycles. The number of furan rings is 1. The van der Waals surface area contributed by atoms with Crippen molar-refractivity contribution in [2.45, 2.75) is 25.4 Å². The number of likely N-dealkylation sites (tertiary alicyclic amines) is 1. The molecule has 4 heteroatoms. The van der Waals surface area contributed by atoms with E-state index in [1.54, 1.807) is 0 Å². The van der Waals surface area contributed by atoms with E-state index in [1.165, 1.54) is 24.8 Å². The number of nitrogens with zero attached hydrogens (tertiary/aromatic N) is 1. The van der Waals surface area contributed by atoms with E-state index in [9.17, 15) is 0 Å². The molecule has 1 aromatic carbocycles. The van der Waals surface area contributed by atoms with E-state index in [0.717, 1.165) is 24.4 Å². The van der Waals surface area contributed by atoms with E-state index in [4.69, 9.17) is 4.42 Å². The first kappa shape index (κ1) is 14.4. The maximum absolute atomic E-state index is 5.88. The third-order valence-corrected chi connectivity index (χ3v) is 3.77. The first-order chi connectivity index (χ1) is 8.85. The lowest BCUT2D eigenvalue weighted by Gasteiger charge is -2.31. The Kier molecular flexibility index (Phi) is 4.86. The summed E-state index contributed by atoms with van der Waals surface area (Å²) in [5.74, 6) is 1.08. The monoisotopic (exact) mass is 280 g/mol. The van der Waals surface area contributed by atoms with Gasteiger partial charge in [0, 0.05) is 18.0 Å². The fraction of sp³-hybridized carbons (Fsp3) is 0.467. The van der Waals surface area contributed by atoms with Crippen molar-refractivity contribution in [3.63, 3.8) is 0 Å². The lowest BCUT2D eigenvalue weighted by molar-refractivity contribution is 0.177. The fourth-order valence-electron chi connectivity index (χ4n) is 2.77. The minimum absolute atomic E-state index is 0. The normalized spacial score (nSPS) is 20.4. The van der Waals surface area contributed by atoms with Crippen molar-refractivity contribution in [3.05, 3.63) is 36.1 Å². The molecule has 1 aromatic heterocycles. The summed E-state index contributed by atoms with van der Waals surface area (Å²) < 4.78 is 5.88. The summed E-state index contributed by atoms with van der Waals surface area (Å²) in [6, 6.07) is 11.0. The summed E-state index contributed by atoms with van der Waals surface area (Å²) in [6.45, 7) is 3.22. The molecule has 2 heterocycles. The highest BCUT2D eigenvalue weighted by atomic mass is 35.5. The summed E-state index contributed by atoms with van der Waals surface area (Å²) in [5, 5.41) is 4.58. The molecule has 0 spiro atoms. The lowest BCUT2D eigenvalue weighted by atomic mass is 10.1. The molecule has 0 aliphatic carbocycles.